The van der Waals surface area contributed by atoms with Crippen molar-refractivity contribution in [1.82, 2.24) is 4.31 Å². The molecule has 1 saturated heterocycles. The summed E-state index contributed by atoms with van der Waals surface area (Å²) in [7, 11) is -0.818. The third kappa shape index (κ3) is 5.43. The van der Waals surface area contributed by atoms with Crippen LogP contribution in [0.4, 0.5) is 5.69 Å². The lowest BCUT2D eigenvalue weighted by molar-refractivity contribution is -0.111. The number of aryl methyl sites for hydroxylation is 1. The van der Waals surface area contributed by atoms with Crippen molar-refractivity contribution in [3.63, 3.8) is 0 Å². The van der Waals surface area contributed by atoms with Gasteiger partial charge in [0.05, 0.1) is 27.4 Å². The molecule has 0 spiro atoms. The Kier molecular flexibility index (Phi) is 7.32. The number of nitrogens with one attached hydrogen (secondary N) is 1. The molecule has 1 N–H and O–H groups in total. The number of hydrogen-bond acceptors (Lipinski definition) is 6. The predicted molar refractivity (Wildman–Crippen MR) is 118 cm³/mol. The molecule has 1 amide bonds. The molecule has 31 heavy (non-hydrogen) atoms. The molecule has 1 fully saturated rings. The summed E-state index contributed by atoms with van der Waals surface area (Å²) in [5.74, 6) is 0.464. The van der Waals surface area contributed by atoms with E-state index in [-0.39, 0.29) is 23.7 Å². The Morgan fingerprint density at radius 2 is 1.74 bits per heavy atom. The zero-order valence-corrected chi connectivity index (χ0v) is 18.6. The number of nitrogens with zero attached hydrogens (tertiary/aromatic N) is 1. The average Bonchev–Trinajstić information content (AvgIpc) is 2.78. The number of amides is 1. The zero-order valence-electron chi connectivity index (χ0n) is 17.8. The summed E-state index contributed by atoms with van der Waals surface area (Å²) in [4.78, 5) is 12.4. The molecule has 2 aromatic carbocycles. The lowest BCUT2D eigenvalue weighted by Gasteiger charge is -2.26. The van der Waals surface area contributed by atoms with Crippen LogP contribution >= 0.6 is 0 Å². The number of sulfonamides is 1. The van der Waals surface area contributed by atoms with Crippen LogP contribution in [0.3, 0.4) is 0 Å². The molecule has 0 unspecified atom stereocenters. The smallest absolute Gasteiger partial charge is 0.248 e. The van der Waals surface area contributed by atoms with E-state index in [1.165, 1.54) is 29.6 Å². The quantitative estimate of drug-likeness (QED) is 0.658. The summed E-state index contributed by atoms with van der Waals surface area (Å²) in [5, 5.41) is 2.70. The Bertz CT molecular complexity index is 1080. The second-order valence-corrected chi connectivity index (χ2v) is 8.86. The molecule has 0 saturated carbocycles. The highest BCUT2D eigenvalue weighted by Gasteiger charge is 2.29. The standard InChI is InChI=1S/C22H26N2O6S/c1-16-4-7-19(28-2)17(14-16)5-9-22(25)23-18-6-8-20(29-3)21(15-18)31(26,27)24-10-12-30-13-11-24/h4-9,14-15H,10-13H2,1-3H3,(H,23,25)/b9-5+. The monoisotopic (exact) mass is 446 g/mol. The van der Waals surface area contributed by atoms with E-state index in [9.17, 15) is 13.2 Å². The van der Waals surface area contributed by atoms with Crippen molar-refractivity contribution in [1.29, 1.82) is 0 Å². The van der Waals surface area contributed by atoms with E-state index in [0.717, 1.165) is 11.1 Å². The number of benzene rings is 2. The van der Waals surface area contributed by atoms with E-state index in [1.807, 2.05) is 25.1 Å². The number of morpholine rings is 1. The van der Waals surface area contributed by atoms with Crippen LogP contribution in [-0.4, -0.2) is 59.2 Å². The van der Waals surface area contributed by atoms with Gasteiger partial charge in [0.15, 0.2) is 0 Å². The average molecular weight is 447 g/mol. The van der Waals surface area contributed by atoms with Crippen molar-refractivity contribution >= 4 is 27.7 Å². The molecule has 166 valence electrons. The number of ether oxygens (including phenoxy) is 3. The van der Waals surface area contributed by atoms with E-state index in [1.54, 1.807) is 19.3 Å². The molecule has 1 heterocycles. The van der Waals surface area contributed by atoms with Gasteiger partial charge in [0.1, 0.15) is 16.4 Å². The van der Waals surface area contributed by atoms with Crippen molar-refractivity contribution in [2.24, 2.45) is 0 Å². The van der Waals surface area contributed by atoms with Crippen LogP contribution in [0.25, 0.3) is 6.08 Å². The molecule has 0 radical (unpaired) electrons. The van der Waals surface area contributed by atoms with Crippen LogP contribution in [0.15, 0.2) is 47.4 Å². The maximum atomic E-state index is 13.1. The first-order valence-electron chi connectivity index (χ1n) is 9.75. The van der Waals surface area contributed by atoms with Crippen molar-refractivity contribution < 1.29 is 27.4 Å². The Labute approximate surface area is 182 Å². The lowest BCUT2D eigenvalue weighted by atomic mass is 10.1. The molecule has 3 rings (SSSR count). The number of carbonyl (C=O) groups excluding carboxylic acids is 1. The maximum absolute atomic E-state index is 13.1. The Balaban J connectivity index is 1.81. The summed E-state index contributed by atoms with van der Waals surface area (Å²) in [6.07, 6.45) is 3.02. The minimum atomic E-state index is -3.79. The summed E-state index contributed by atoms with van der Waals surface area (Å²) < 4.78 is 43.3. The van der Waals surface area contributed by atoms with Crippen LogP contribution in [0.5, 0.6) is 11.5 Å². The molecule has 2 aromatic rings. The van der Waals surface area contributed by atoms with Crippen molar-refractivity contribution in [2.75, 3.05) is 45.8 Å². The minimum Gasteiger partial charge on any atom is -0.496 e. The summed E-state index contributed by atoms with van der Waals surface area (Å²) in [5.41, 5.74) is 2.15. The molecule has 8 nitrogen and oxygen atoms in total. The van der Waals surface area contributed by atoms with Crippen LogP contribution in [-0.2, 0) is 19.6 Å². The predicted octanol–water partition coefficient (Wildman–Crippen LogP) is 2.69. The summed E-state index contributed by atoms with van der Waals surface area (Å²) in [6, 6.07) is 10.2. The van der Waals surface area contributed by atoms with Crippen LogP contribution in [0, 0.1) is 6.92 Å². The largest absolute Gasteiger partial charge is 0.496 e. The van der Waals surface area contributed by atoms with Crippen molar-refractivity contribution in [3.8, 4) is 11.5 Å². The molecule has 0 bridgehead atoms. The van der Waals surface area contributed by atoms with Gasteiger partial charge in [-0.2, -0.15) is 4.31 Å². The van der Waals surface area contributed by atoms with Crippen LogP contribution in [0.1, 0.15) is 11.1 Å². The Morgan fingerprint density at radius 1 is 1.06 bits per heavy atom. The number of carbonyl (C=O) groups is 1. The van der Waals surface area contributed by atoms with Crippen LogP contribution in [0.2, 0.25) is 0 Å². The SMILES string of the molecule is COc1ccc(C)cc1/C=C/C(=O)Nc1ccc(OC)c(S(=O)(=O)N2CCOCC2)c1. The second kappa shape index (κ2) is 9.95. The third-order valence-electron chi connectivity index (χ3n) is 4.82. The van der Waals surface area contributed by atoms with Gasteiger partial charge in [-0.25, -0.2) is 8.42 Å². The van der Waals surface area contributed by atoms with Gasteiger partial charge in [0, 0.05) is 30.4 Å². The topological polar surface area (TPSA) is 94.2 Å². The highest BCUT2D eigenvalue weighted by Crippen LogP contribution is 2.30. The molecular weight excluding hydrogens is 420 g/mol. The first-order chi connectivity index (χ1) is 14.8. The molecule has 0 atom stereocenters. The molecule has 0 aromatic heterocycles. The number of methoxy groups -OCH3 is 2. The van der Waals surface area contributed by atoms with Gasteiger partial charge in [0.25, 0.3) is 0 Å². The second-order valence-electron chi connectivity index (χ2n) is 6.95. The van der Waals surface area contributed by atoms with Crippen molar-refractivity contribution in [3.05, 3.63) is 53.6 Å². The van der Waals surface area contributed by atoms with E-state index in [0.29, 0.717) is 24.7 Å². The van der Waals surface area contributed by atoms with E-state index >= 15 is 0 Å². The molecule has 1 aliphatic rings. The lowest BCUT2D eigenvalue weighted by Crippen LogP contribution is -2.40. The van der Waals surface area contributed by atoms with E-state index < -0.39 is 15.9 Å². The highest BCUT2D eigenvalue weighted by molar-refractivity contribution is 7.89. The minimum absolute atomic E-state index is 0.000895. The molecular formula is C22H26N2O6S. The highest BCUT2D eigenvalue weighted by atomic mass is 32.2. The van der Waals surface area contributed by atoms with Gasteiger partial charge < -0.3 is 19.5 Å². The molecule has 1 aliphatic heterocycles. The zero-order chi connectivity index (χ0) is 22.4. The number of anilines is 1. The molecule has 9 heteroatoms. The fraction of sp³-hybridized carbons (Fsp3) is 0.318. The van der Waals surface area contributed by atoms with E-state index in [2.05, 4.69) is 5.32 Å². The fourth-order valence-corrected chi connectivity index (χ4v) is 4.80. The fourth-order valence-electron chi connectivity index (χ4n) is 3.22. The first-order valence-corrected chi connectivity index (χ1v) is 11.2. The number of rotatable bonds is 7. The normalized spacial score (nSPS) is 15.1. The Hall–Kier alpha value is -2.88. The van der Waals surface area contributed by atoms with Gasteiger partial charge in [-0.05, 0) is 43.3 Å². The Morgan fingerprint density at radius 3 is 2.42 bits per heavy atom. The number of hydrogen-bond donors (Lipinski definition) is 1. The maximum Gasteiger partial charge on any atom is 0.248 e. The summed E-state index contributed by atoms with van der Waals surface area (Å²) in [6.45, 7) is 3.16. The third-order valence-corrected chi connectivity index (χ3v) is 6.74. The van der Waals surface area contributed by atoms with Crippen molar-refractivity contribution in [2.45, 2.75) is 11.8 Å². The first kappa shape index (κ1) is 22.8. The van der Waals surface area contributed by atoms with Crippen LogP contribution < -0.4 is 14.8 Å². The summed E-state index contributed by atoms with van der Waals surface area (Å²) >= 11 is 0. The van der Waals surface area contributed by atoms with Gasteiger partial charge >= 0.3 is 0 Å². The van der Waals surface area contributed by atoms with E-state index in [4.69, 9.17) is 14.2 Å². The van der Waals surface area contributed by atoms with Gasteiger partial charge in [-0.1, -0.05) is 11.6 Å². The molecule has 0 aliphatic carbocycles. The van der Waals surface area contributed by atoms with Gasteiger partial charge in [-0.15, -0.1) is 0 Å². The van der Waals surface area contributed by atoms with Gasteiger partial charge in [0.2, 0.25) is 15.9 Å². The van der Waals surface area contributed by atoms with Gasteiger partial charge in [-0.3, -0.25) is 4.79 Å².